The van der Waals surface area contributed by atoms with Gasteiger partial charge in [-0.25, -0.2) is 0 Å². The van der Waals surface area contributed by atoms with E-state index in [9.17, 15) is 9.59 Å². The van der Waals surface area contributed by atoms with Crippen LogP contribution >= 0.6 is 11.8 Å². The van der Waals surface area contributed by atoms with Crippen molar-refractivity contribution in [2.24, 2.45) is 5.92 Å². The molecule has 1 aromatic heterocycles. The molecule has 2 aromatic rings. The molecule has 1 atom stereocenters. The van der Waals surface area contributed by atoms with Gasteiger partial charge >= 0.3 is 0 Å². The number of methoxy groups -OCH3 is 2. The zero-order valence-electron chi connectivity index (χ0n) is 16.3. The maximum absolute atomic E-state index is 13.0. The van der Waals surface area contributed by atoms with Crippen molar-refractivity contribution in [3.05, 3.63) is 47.5 Å². The molecule has 1 aromatic carbocycles. The van der Waals surface area contributed by atoms with Crippen LogP contribution in [-0.2, 0) is 0 Å². The Kier molecular flexibility index (Phi) is 6.57. The Balaban J connectivity index is 1.75. The van der Waals surface area contributed by atoms with Crippen LogP contribution in [0, 0.1) is 5.92 Å². The molecule has 0 aliphatic carbocycles. The molecule has 0 radical (unpaired) electrons. The molecule has 6 nitrogen and oxygen atoms in total. The van der Waals surface area contributed by atoms with Crippen molar-refractivity contribution >= 4 is 23.5 Å². The van der Waals surface area contributed by atoms with E-state index in [2.05, 4.69) is 4.98 Å². The Bertz CT molecular complexity index is 854. The number of carbonyl (C=O) groups is 2. The first kappa shape index (κ1) is 20.2. The Hall–Kier alpha value is -2.54. The van der Waals surface area contributed by atoms with Crippen LogP contribution in [-0.4, -0.2) is 55.1 Å². The Morgan fingerprint density at radius 3 is 2.50 bits per heavy atom. The summed E-state index contributed by atoms with van der Waals surface area (Å²) in [6.45, 7) is 1.01. The van der Waals surface area contributed by atoms with Crippen molar-refractivity contribution in [2.45, 2.75) is 17.7 Å². The predicted molar refractivity (Wildman–Crippen MR) is 109 cm³/mol. The summed E-state index contributed by atoms with van der Waals surface area (Å²) < 4.78 is 10.3. The number of ether oxygens (including phenoxy) is 2. The average Bonchev–Trinajstić information content (AvgIpc) is 2.77. The van der Waals surface area contributed by atoms with Crippen LogP contribution in [0.3, 0.4) is 0 Å². The third-order valence-corrected chi connectivity index (χ3v) is 5.67. The molecule has 2 heterocycles. The van der Waals surface area contributed by atoms with Crippen molar-refractivity contribution in [2.75, 3.05) is 33.6 Å². The van der Waals surface area contributed by atoms with Gasteiger partial charge in [0.25, 0.3) is 5.91 Å². The molecular weight excluding hydrogens is 376 g/mol. The summed E-state index contributed by atoms with van der Waals surface area (Å²) in [6, 6.07) is 10.9. The highest BCUT2D eigenvalue weighted by Gasteiger charge is 2.31. The molecule has 1 fully saturated rings. The number of likely N-dealkylation sites (tertiary alicyclic amines) is 1. The third-order valence-electron chi connectivity index (χ3n) is 4.92. The molecule has 0 N–H and O–H groups in total. The van der Waals surface area contributed by atoms with Gasteiger partial charge in [0.1, 0.15) is 5.56 Å². The van der Waals surface area contributed by atoms with Gasteiger partial charge in [0.05, 0.1) is 14.2 Å². The number of aromatic nitrogens is 1. The minimum Gasteiger partial charge on any atom is -0.481 e. The summed E-state index contributed by atoms with van der Waals surface area (Å²) >= 11 is 1.64. The zero-order valence-corrected chi connectivity index (χ0v) is 17.1. The number of Topliss-reactive ketones (excluding diaryl/α,β-unsaturated/α-hetero) is 1. The number of carbonyl (C=O) groups excluding carboxylic acids is 2. The van der Waals surface area contributed by atoms with E-state index < -0.39 is 0 Å². The van der Waals surface area contributed by atoms with Gasteiger partial charge in [0, 0.05) is 35.5 Å². The van der Waals surface area contributed by atoms with E-state index in [1.807, 2.05) is 30.5 Å². The molecule has 1 saturated heterocycles. The molecule has 1 unspecified atom stereocenters. The standard InChI is InChI=1S/C21H24N2O4S/c1-26-18-11-10-17(20(22-18)27-2)21(25)23-12-4-5-15(13-23)19(24)14-6-8-16(28-3)9-7-14/h6-11,15H,4-5,12-13H2,1-3H3. The van der Waals surface area contributed by atoms with Gasteiger partial charge in [0.15, 0.2) is 5.78 Å². The van der Waals surface area contributed by atoms with E-state index in [0.29, 0.717) is 30.1 Å². The maximum Gasteiger partial charge on any atom is 0.259 e. The molecule has 0 bridgehead atoms. The maximum atomic E-state index is 13.0. The fourth-order valence-corrected chi connectivity index (χ4v) is 3.80. The minimum atomic E-state index is -0.199. The van der Waals surface area contributed by atoms with E-state index in [-0.39, 0.29) is 23.5 Å². The monoisotopic (exact) mass is 400 g/mol. The number of piperidine rings is 1. The van der Waals surface area contributed by atoms with Crippen LogP contribution in [0.2, 0.25) is 0 Å². The number of benzene rings is 1. The lowest BCUT2D eigenvalue weighted by atomic mass is 9.89. The molecule has 7 heteroatoms. The molecule has 0 saturated carbocycles. The van der Waals surface area contributed by atoms with Gasteiger partial charge in [-0.2, -0.15) is 4.98 Å². The van der Waals surface area contributed by atoms with Gasteiger partial charge in [-0.3, -0.25) is 9.59 Å². The Labute approximate surface area is 169 Å². The van der Waals surface area contributed by atoms with Crippen molar-refractivity contribution in [3.8, 4) is 11.8 Å². The average molecular weight is 401 g/mol. The van der Waals surface area contributed by atoms with Gasteiger partial charge in [-0.05, 0) is 37.3 Å². The van der Waals surface area contributed by atoms with Crippen molar-refractivity contribution in [3.63, 3.8) is 0 Å². The first-order valence-electron chi connectivity index (χ1n) is 9.14. The lowest BCUT2D eigenvalue weighted by Gasteiger charge is -2.32. The largest absolute Gasteiger partial charge is 0.481 e. The number of pyridine rings is 1. The quantitative estimate of drug-likeness (QED) is 0.546. The van der Waals surface area contributed by atoms with E-state index in [4.69, 9.17) is 9.47 Å². The number of hydrogen-bond acceptors (Lipinski definition) is 6. The first-order valence-corrected chi connectivity index (χ1v) is 10.4. The summed E-state index contributed by atoms with van der Waals surface area (Å²) in [5.74, 6) is 0.321. The highest BCUT2D eigenvalue weighted by Crippen LogP contribution is 2.26. The summed E-state index contributed by atoms with van der Waals surface area (Å²) in [5.41, 5.74) is 1.07. The molecule has 0 spiro atoms. The van der Waals surface area contributed by atoms with E-state index in [0.717, 1.165) is 17.7 Å². The van der Waals surface area contributed by atoms with Crippen LogP contribution in [0.15, 0.2) is 41.3 Å². The van der Waals surface area contributed by atoms with E-state index in [1.165, 1.54) is 14.2 Å². The topological polar surface area (TPSA) is 68.7 Å². The zero-order chi connectivity index (χ0) is 20.1. The first-order chi connectivity index (χ1) is 13.6. The highest BCUT2D eigenvalue weighted by molar-refractivity contribution is 7.98. The number of thioether (sulfide) groups is 1. The lowest BCUT2D eigenvalue weighted by molar-refractivity contribution is 0.0633. The van der Waals surface area contributed by atoms with Gasteiger partial charge in [-0.15, -0.1) is 11.8 Å². The predicted octanol–water partition coefficient (Wildman–Crippen LogP) is 3.56. The summed E-state index contributed by atoms with van der Waals surface area (Å²) in [6.07, 6.45) is 3.57. The summed E-state index contributed by atoms with van der Waals surface area (Å²) in [4.78, 5) is 33.0. The number of hydrogen-bond donors (Lipinski definition) is 0. The number of ketones is 1. The van der Waals surface area contributed by atoms with Crippen LogP contribution in [0.5, 0.6) is 11.8 Å². The molecule has 1 aliphatic rings. The van der Waals surface area contributed by atoms with Crippen LogP contribution in [0.4, 0.5) is 0 Å². The fourth-order valence-electron chi connectivity index (χ4n) is 3.39. The third kappa shape index (κ3) is 4.30. The Morgan fingerprint density at radius 1 is 1.11 bits per heavy atom. The number of nitrogens with zero attached hydrogens (tertiary/aromatic N) is 2. The van der Waals surface area contributed by atoms with Crippen LogP contribution < -0.4 is 9.47 Å². The van der Waals surface area contributed by atoms with Crippen LogP contribution in [0.25, 0.3) is 0 Å². The highest BCUT2D eigenvalue weighted by atomic mass is 32.2. The molecule has 1 aliphatic heterocycles. The summed E-state index contributed by atoms with van der Waals surface area (Å²) in [7, 11) is 2.98. The fraction of sp³-hybridized carbons (Fsp3) is 0.381. The van der Waals surface area contributed by atoms with Gasteiger partial charge < -0.3 is 14.4 Å². The smallest absolute Gasteiger partial charge is 0.259 e. The Morgan fingerprint density at radius 2 is 1.86 bits per heavy atom. The summed E-state index contributed by atoms with van der Waals surface area (Å²) in [5, 5.41) is 0. The molecule has 28 heavy (non-hydrogen) atoms. The lowest BCUT2D eigenvalue weighted by Crippen LogP contribution is -2.42. The van der Waals surface area contributed by atoms with Crippen molar-refractivity contribution < 1.29 is 19.1 Å². The molecule has 1 amide bonds. The SMILES string of the molecule is COc1ccc(C(=O)N2CCCC(C(=O)c3ccc(SC)cc3)C2)c(OC)n1. The van der Waals surface area contributed by atoms with E-state index in [1.54, 1.807) is 28.8 Å². The van der Waals surface area contributed by atoms with E-state index >= 15 is 0 Å². The molecule has 3 rings (SSSR count). The molecule has 148 valence electrons. The van der Waals surface area contributed by atoms with Crippen molar-refractivity contribution in [1.82, 2.24) is 9.88 Å². The second-order valence-electron chi connectivity index (χ2n) is 6.59. The minimum absolute atomic E-state index is 0.0879. The molecular formula is C21H24N2O4S. The van der Waals surface area contributed by atoms with Gasteiger partial charge in [-0.1, -0.05) is 12.1 Å². The number of rotatable bonds is 6. The number of amides is 1. The second-order valence-corrected chi connectivity index (χ2v) is 7.47. The van der Waals surface area contributed by atoms with Gasteiger partial charge in [0.2, 0.25) is 11.8 Å². The van der Waals surface area contributed by atoms with Crippen molar-refractivity contribution in [1.29, 1.82) is 0 Å². The van der Waals surface area contributed by atoms with Crippen LogP contribution in [0.1, 0.15) is 33.6 Å². The second kappa shape index (κ2) is 9.10. The normalized spacial score (nSPS) is 16.5.